The molecule has 0 aromatic rings. The first-order valence-corrected chi connectivity index (χ1v) is 9.54. The van der Waals surface area contributed by atoms with Crippen LogP contribution in [0, 0.1) is 5.92 Å². The summed E-state index contributed by atoms with van der Waals surface area (Å²) in [7, 11) is -3.23. The second kappa shape index (κ2) is 8.36. The van der Waals surface area contributed by atoms with Crippen molar-refractivity contribution in [3.63, 3.8) is 0 Å². The van der Waals surface area contributed by atoms with E-state index in [1.54, 1.807) is 0 Å². The van der Waals surface area contributed by atoms with Crippen molar-refractivity contribution in [1.82, 2.24) is 5.32 Å². The Morgan fingerprint density at radius 1 is 1.24 bits per heavy atom. The Hall–Kier alpha value is -1.11. The van der Waals surface area contributed by atoms with Crippen molar-refractivity contribution in [2.45, 2.75) is 57.4 Å². The number of hydrogen-bond acceptors (Lipinski definition) is 4. The third kappa shape index (κ3) is 8.04. The van der Waals surface area contributed by atoms with Crippen molar-refractivity contribution in [2.75, 3.05) is 12.0 Å². The summed E-state index contributed by atoms with van der Waals surface area (Å²) >= 11 is 0. The van der Waals surface area contributed by atoms with Crippen LogP contribution in [0.3, 0.4) is 0 Å². The minimum Gasteiger partial charge on any atom is -0.480 e. The molecule has 0 spiro atoms. The molecule has 122 valence electrons. The van der Waals surface area contributed by atoms with Crippen molar-refractivity contribution in [3.05, 3.63) is 0 Å². The predicted octanol–water partition coefficient (Wildman–Crippen LogP) is 1.35. The number of carboxylic acids is 1. The molecular weight excluding hydrogens is 294 g/mol. The summed E-state index contributed by atoms with van der Waals surface area (Å²) in [5, 5.41) is 11.5. The van der Waals surface area contributed by atoms with Gasteiger partial charge in [-0.1, -0.05) is 32.1 Å². The van der Waals surface area contributed by atoms with E-state index in [4.69, 9.17) is 5.11 Å². The van der Waals surface area contributed by atoms with Gasteiger partial charge in [-0.05, 0) is 18.8 Å². The quantitative estimate of drug-likeness (QED) is 0.703. The Bertz CT molecular complexity index is 454. The topological polar surface area (TPSA) is 101 Å². The highest BCUT2D eigenvalue weighted by Crippen LogP contribution is 2.27. The molecular formula is C14H25NO5S. The van der Waals surface area contributed by atoms with Crippen LogP contribution < -0.4 is 5.32 Å². The average molecular weight is 319 g/mol. The molecule has 0 radical (unpaired) electrons. The second-order valence-electron chi connectivity index (χ2n) is 5.92. The number of carboxylic acid groups (broad SMARTS) is 1. The summed E-state index contributed by atoms with van der Waals surface area (Å²) in [4.78, 5) is 22.8. The second-order valence-corrected chi connectivity index (χ2v) is 8.18. The van der Waals surface area contributed by atoms with Gasteiger partial charge in [-0.15, -0.1) is 0 Å². The normalized spacial score (nSPS) is 18.1. The van der Waals surface area contributed by atoms with Gasteiger partial charge in [-0.3, -0.25) is 4.79 Å². The molecule has 0 bridgehead atoms. The van der Waals surface area contributed by atoms with E-state index in [0.717, 1.165) is 25.5 Å². The number of rotatable bonds is 8. The molecule has 1 fully saturated rings. The first kappa shape index (κ1) is 17.9. The van der Waals surface area contributed by atoms with Crippen LogP contribution >= 0.6 is 0 Å². The SMILES string of the molecule is CS(=O)(=O)CCC(NC(=O)CCC1CCCCC1)C(=O)O. The number of aliphatic carboxylic acids is 1. The van der Waals surface area contributed by atoms with Crippen LogP contribution in [0.25, 0.3) is 0 Å². The Kier molecular flexibility index (Phi) is 7.14. The van der Waals surface area contributed by atoms with Crippen molar-refractivity contribution in [3.8, 4) is 0 Å². The van der Waals surface area contributed by atoms with E-state index in [0.29, 0.717) is 12.3 Å². The molecule has 21 heavy (non-hydrogen) atoms. The number of carbonyl (C=O) groups is 2. The van der Waals surface area contributed by atoms with Crippen molar-refractivity contribution >= 4 is 21.7 Å². The van der Waals surface area contributed by atoms with Crippen LogP contribution in [-0.4, -0.2) is 43.5 Å². The van der Waals surface area contributed by atoms with E-state index in [9.17, 15) is 18.0 Å². The third-order valence-corrected chi connectivity index (χ3v) is 4.89. The Labute approximate surface area is 126 Å². The van der Waals surface area contributed by atoms with Gasteiger partial charge in [0.2, 0.25) is 5.91 Å². The summed E-state index contributed by atoms with van der Waals surface area (Å²) in [5.41, 5.74) is 0. The molecule has 1 unspecified atom stereocenters. The van der Waals surface area contributed by atoms with Gasteiger partial charge < -0.3 is 10.4 Å². The fourth-order valence-corrected chi connectivity index (χ4v) is 3.33. The van der Waals surface area contributed by atoms with E-state index in [1.165, 1.54) is 19.3 Å². The lowest BCUT2D eigenvalue weighted by Gasteiger charge is -2.21. The van der Waals surface area contributed by atoms with Gasteiger partial charge in [0.1, 0.15) is 15.9 Å². The number of nitrogens with one attached hydrogen (secondary N) is 1. The number of hydrogen-bond donors (Lipinski definition) is 2. The lowest BCUT2D eigenvalue weighted by atomic mass is 9.86. The fraction of sp³-hybridized carbons (Fsp3) is 0.857. The summed E-state index contributed by atoms with van der Waals surface area (Å²) in [5.74, 6) is -1.18. The molecule has 7 heteroatoms. The fourth-order valence-electron chi connectivity index (χ4n) is 2.67. The maximum absolute atomic E-state index is 11.8. The first-order chi connectivity index (χ1) is 9.78. The standard InChI is InChI=1S/C14H25NO5S/c1-21(19,20)10-9-12(14(17)18)15-13(16)8-7-11-5-3-2-4-6-11/h11-12H,2-10H2,1H3,(H,15,16)(H,17,18). The smallest absolute Gasteiger partial charge is 0.326 e. The van der Waals surface area contributed by atoms with Crippen LogP contribution in [0.5, 0.6) is 0 Å². The number of amides is 1. The van der Waals surface area contributed by atoms with Gasteiger partial charge in [0.25, 0.3) is 0 Å². The molecule has 1 aliphatic carbocycles. The summed E-state index contributed by atoms with van der Waals surface area (Å²) in [6, 6.07) is -1.13. The summed E-state index contributed by atoms with van der Waals surface area (Å²) in [6.07, 6.45) is 8.01. The highest BCUT2D eigenvalue weighted by molar-refractivity contribution is 7.90. The summed E-state index contributed by atoms with van der Waals surface area (Å²) < 4.78 is 22.1. The zero-order chi connectivity index (χ0) is 15.9. The molecule has 1 saturated carbocycles. The third-order valence-electron chi connectivity index (χ3n) is 3.92. The van der Waals surface area contributed by atoms with Crippen LogP contribution in [-0.2, 0) is 19.4 Å². The van der Waals surface area contributed by atoms with E-state index in [1.807, 2.05) is 0 Å². The lowest BCUT2D eigenvalue weighted by Crippen LogP contribution is -2.42. The van der Waals surface area contributed by atoms with E-state index < -0.39 is 21.8 Å². The first-order valence-electron chi connectivity index (χ1n) is 7.48. The average Bonchev–Trinajstić information content (AvgIpc) is 2.41. The molecule has 0 aromatic carbocycles. The minimum atomic E-state index is -3.23. The summed E-state index contributed by atoms with van der Waals surface area (Å²) in [6.45, 7) is 0. The Morgan fingerprint density at radius 3 is 2.38 bits per heavy atom. The van der Waals surface area contributed by atoms with Crippen molar-refractivity contribution < 1.29 is 23.1 Å². The molecule has 2 N–H and O–H groups in total. The van der Waals surface area contributed by atoms with Gasteiger partial charge in [-0.2, -0.15) is 0 Å². The molecule has 6 nitrogen and oxygen atoms in total. The number of sulfone groups is 1. The molecule has 1 amide bonds. The monoisotopic (exact) mass is 319 g/mol. The van der Waals surface area contributed by atoms with Crippen LogP contribution in [0.15, 0.2) is 0 Å². The highest BCUT2D eigenvalue weighted by Gasteiger charge is 2.22. The molecule has 0 aromatic heterocycles. The van der Waals surface area contributed by atoms with Gasteiger partial charge in [0.05, 0.1) is 5.75 Å². The van der Waals surface area contributed by atoms with Crippen molar-refractivity contribution in [1.29, 1.82) is 0 Å². The molecule has 0 saturated heterocycles. The van der Waals surface area contributed by atoms with Gasteiger partial charge in [0, 0.05) is 12.7 Å². The highest BCUT2D eigenvalue weighted by atomic mass is 32.2. The number of carbonyl (C=O) groups excluding carboxylic acids is 1. The van der Waals surface area contributed by atoms with Gasteiger partial charge >= 0.3 is 5.97 Å². The molecule has 1 atom stereocenters. The van der Waals surface area contributed by atoms with Gasteiger partial charge in [-0.25, -0.2) is 13.2 Å². The largest absolute Gasteiger partial charge is 0.480 e. The molecule has 0 heterocycles. The maximum Gasteiger partial charge on any atom is 0.326 e. The molecule has 0 aliphatic heterocycles. The lowest BCUT2D eigenvalue weighted by molar-refractivity contribution is -0.141. The van der Waals surface area contributed by atoms with Gasteiger partial charge in [0.15, 0.2) is 0 Å². The van der Waals surface area contributed by atoms with Crippen molar-refractivity contribution in [2.24, 2.45) is 5.92 Å². The van der Waals surface area contributed by atoms with Crippen LogP contribution in [0.1, 0.15) is 51.4 Å². The maximum atomic E-state index is 11.8. The Balaban J connectivity index is 2.35. The predicted molar refractivity (Wildman–Crippen MR) is 79.7 cm³/mol. The Morgan fingerprint density at radius 2 is 1.86 bits per heavy atom. The minimum absolute atomic E-state index is 0.0939. The van der Waals surface area contributed by atoms with E-state index in [2.05, 4.69) is 5.32 Å². The van der Waals surface area contributed by atoms with Crippen LogP contribution in [0.2, 0.25) is 0 Å². The van der Waals surface area contributed by atoms with Crippen LogP contribution in [0.4, 0.5) is 0 Å². The van der Waals surface area contributed by atoms with E-state index in [-0.39, 0.29) is 18.1 Å². The van der Waals surface area contributed by atoms with E-state index >= 15 is 0 Å². The molecule has 1 aliphatic rings. The zero-order valence-electron chi connectivity index (χ0n) is 12.5. The molecule has 1 rings (SSSR count). The zero-order valence-corrected chi connectivity index (χ0v) is 13.3.